The summed E-state index contributed by atoms with van der Waals surface area (Å²) in [6, 6.07) is 6.48. The van der Waals surface area contributed by atoms with Crippen molar-refractivity contribution in [2.24, 2.45) is 0 Å². The summed E-state index contributed by atoms with van der Waals surface area (Å²) < 4.78 is 32.8. The van der Waals surface area contributed by atoms with Gasteiger partial charge in [-0.15, -0.1) is 0 Å². The first-order valence-electron chi connectivity index (χ1n) is 8.60. The number of carbonyl (C=O) groups is 1. The van der Waals surface area contributed by atoms with Gasteiger partial charge in [-0.05, 0) is 44.0 Å². The highest BCUT2D eigenvalue weighted by Gasteiger charge is 2.30. The van der Waals surface area contributed by atoms with Crippen LogP contribution in [0.3, 0.4) is 0 Å². The fourth-order valence-electron chi connectivity index (χ4n) is 2.64. The van der Waals surface area contributed by atoms with Crippen molar-refractivity contribution < 1.29 is 23.1 Å². The second-order valence-corrected chi connectivity index (χ2v) is 8.73. The van der Waals surface area contributed by atoms with Gasteiger partial charge < -0.3 is 15.2 Å². The first-order chi connectivity index (χ1) is 12.2. The van der Waals surface area contributed by atoms with Gasteiger partial charge in [0.2, 0.25) is 0 Å². The van der Waals surface area contributed by atoms with Crippen LogP contribution in [-0.2, 0) is 10.2 Å². The van der Waals surface area contributed by atoms with Crippen LogP contribution in [0.25, 0.3) is 0 Å². The van der Waals surface area contributed by atoms with Crippen molar-refractivity contribution in [1.29, 1.82) is 0 Å². The molecule has 0 unspecified atom stereocenters. The standard InChI is InChI=1S/C17H27N3O5S/c1-13(12-21)18-17(22)14-4-6-15(7-5-14)25-16-8-10-20(11-9-16)26(23,24)19(2)3/h4-7,13,16,21H,8-12H2,1-3H3,(H,18,22)/t13-/m1/s1. The summed E-state index contributed by atoms with van der Waals surface area (Å²) in [5.74, 6) is 0.394. The predicted molar refractivity (Wildman–Crippen MR) is 98.3 cm³/mol. The first-order valence-corrected chi connectivity index (χ1v) is 9.99. The van der Waals surface area contributed by atoms with E-state index in [0.29, 0.717) is 37.2 Å². The number of hydrogen-bond acceptors (Lipinski definition) is 5. The number of aliphatic hydroxyl groups is 1. The fourth-order valence-corrected chi connectivity index (χ4v) is 3.78. The van der Waals surface area contributed by atoms with E-state index in [-0.39, 0.29) is 24.7 Å². The van der Waals surface area contributed by atoms with Crippen LogP contribution in [0.15, 0.2) is 24.3 Å². The molecule has 2 rings (SSSR count). The molecule has 1 aromatic carbocycles. The molecule has 2 N–H and O–H groups in total. The molecule has 0 radical (unpaired) electrons. The van der Waals surface area contributed by atoms with Crippen LogP contribution in [0.4, 0.5) is 0 Å². The van der Waals surface area contributed by atoms with Crippen molar-refractivity contribution in [3.63, 3.8) is 0 Å². The Morgan fingerprint density at radius 1 is 1.31 bits per heavy atom. The van der Waals surface area contributed by atoms with Gasteiger partial charge in [0.1, 0.15) is 11.9 Å². The van der Waals surface area contributed by atoms with E-state index in [9.17, 15) is 13.2 Å². The molecular formula is C17H27N3O5S. The van der Waals surface area contributed by atoms with Crippen LogP contribution in [0.1, 0.15) is 30.1 Å². The largest absolute Gasteiger partial charge is 0.490 e. The number of piperidine rings is 1. The lowest BCUT2D eigenvalue weighted by atomic mass is 10.1. The second kappa shape index (κ2) is 8.81. The number of hydrogen-bond donors (Lipinski definition) is 2. The molecule has 1 heterocycles. The Morgan fingerprint density at radius 3 is 2.38 bits per heavy atom. The highest BCUT2D eigenvalue weighted by molar-refractivity contribution is 7.86. The molecule has 26 heavy (non-hydrogen) atoms. The zero-order chi connectivity index (χ0) is 19.3. The number of nitrogens with zero attached hydrogens (tertiary/aromatic N) is 2. The summed E-state index contributed by atoms with van der Waals surface area (Å²) in [7, 11) is -0.325. The number of benzene rings is 1. The van der Waals surface area contributed by atoms with Gasteiger partial charge in [-0.1, -0.05) is 0 Å². The summed E-state index contributed by atoms with van der Waals surface area (Å²) in [5.41, 5.74) is 0.490. The molecule has 146 valence electrons. The summed E-state index contributed by atoms with van der Waals surface area (Å²) >= 11 is 0. The van der Waals surface area contributed by atoms with Gasteiger partial charge in [0.25, 0.3) is 16.1 Å². The minimum absolute atomic E-state index is 0.0577. The molecule has 0 bridgehead atoms. The molecule has 1 aromatic rings. The third kappa shape index (κ3) is 5.16. The lowest BCUT2D eigenvalue weighted by molar-refractivity contribution is 0.0922. The number of nitrogens with one attached hydrogen (secondary N) is 1. The van der Waals surface area contributed by atoms with E-state index in [1.54, 1.807) is 31.2 Å². The summed E-state index contributed by atoms with van der Waals surface area (Å²) in [5, 5.41) is 11.7. The molecule has 0 saturated carbocycles. The topological polar surface area (TPSA) is 99.2 Å². The van der Waals surface area contributed by atoms with E-state index >= 15 is 0 Å². The fraction of sp³-hybridized carbons (Fsp3) is 0.588. The monoisotopic (exact) mass is 385 g/mol. The molecule has 1 saturated heterocycles. The number of carbonyl (C=O) groups excluding carboxylic acids is 1. The van der Waals surface area contributed by atoms with E-state index in [0.717, 1.165) is 0 Å². The summed E-state index contributed by atoms with van der Waals surface area (Å²) in [6.07, 6.45) is 1.17. The van der Waals surface area contributed by atoms with Gasteiger partial charge in [-0.3, -0.25) is 4.79 Å². The van der Waals surface area contributed by atoms with Crippen molar-refractivity contribution in [2.75, 3.05) is 33.8 Å². The van der Waals surface area contributed by atoms with Crippen molar-refractivity contribution in [1.82, 2.24) is 13.9 Å². The Hall–Kier alpha value is -1.68. The van der Waals surface area contributed by atoms with Crippen molar-refractivity contribution >= 4 is 16.1 Å². The molecule has 1 atom stereocenters. The third-order valence-corrected chi connectivity index (χ3v) is 6.20. The van der Waals surface area contributed by atoms with Gasteiger partial charge in [0.05, 0.1) is 6.61 Å². The van der Waals surface area contributed by atoms with Gasteiger partial charge in [0.15, 0.2) is 0 Å². The molecule has 0 aromatic heterocycles. The first kappa shape index (κ1) is 20.6. The normalized spacial score (nSPS) is 17.9. The van der Waals surface area contributed by atoms with Gasteiger partial charge in [-0.2, -0.15) is 17.0 Å². The maximum Gasteiger partial charge on any atom is 0.281 e. The van der Waals surface area contributed by atoms with E-state index in [1.807, 2.05) is 0 Å². The summed E-state index contributed by atoms with van der Waals surface area (Å²) in [4.78, 5) is 12.0. The Kier molecular flexibility index (Phi) is 6.99. The number of amides is 1. The zero-order valence-corrected chi connectivity index (χ0v) is 16.2. The number of aliphatic hydroxyl groups excluding tert-OH is 1. The molecule has 1 aliphatic rings. The highest BCUT2D eigenvalue weighted by Crippen LogP contribution is 2.21. The number of ether oxygens (including phenoxy) is 1. The average Bonchev–Trinajstić information content (AvgIpc) is 2.62. The van der Waals surface area contributed by atoms with E-state index in [2.05, 4.69) is 5.32 Å². The van der Waals surface area contributed by atoms with Gasteiger partial charge in [0, 0.05) is 38.8 Å². The molecule has 1 amide bonds. The smallest absolute Gasteiger partial charge is 0.281 e. The minimum atomic E-state index is -3.37. The predicted octanol–water partition coefficient (Wildman–Crippen LogP) is 0.447. The molecule has 1 fully saturated rings. The van der Waals surface area contributed by atoms with Crippen LogP contribution in [0.2, 0.25) is 0 Å². The molecule has 0 spiro atoms. The van der Waals surface area contributed by atoms with Crippen molar-refractivity contribution in [3.8, 4) is 5.75 Å². The maximum atomic E-state index is 12.1. The lowest BCUT2D eigenvalue weighted by Gasteiger charge is -2.32. The third-order valence-electron chi connectivity index (χ3n) is 4.26. The van der Waals surface area contributed by atoms with Gasteiger partial charge in [-0.25, -0.2) is 0 Å². The Balaban J connectivity index is 1.88. The zero-order valence-electron chi connectivity index (χ0n) is 15.4. The van der Waals surface area contributed by atoms with Crippen LogP contribution in [0.5, 0.6) is 5.75 Å². The average molecular weight is 385 g/mol. The van der Waals surface area contributed by atoms with Crippen LogP contribution in [-0.4, -0.2) is 74.0 Å². The molecular weight excluding hydrogens is 358 g/mol. The number of rotatable bonds is 7. The Labute approximate surface area is 154 Å². The lowest BCUT2D eigenvalue weighted by Crippen LogP contribution is -2.46. The minimum Gasteiger partial charge on any atom is -0.490 e. The summed E-state index contributed by atoms with van der Waals surface area (Å²) in [6.45, 7) is 2.45. The maximum absolute atomic E-state index is 12.1. The quantitative estimate of drug-likeness (QED) is 0.710. The Morgan fingerprint density at radius 2 is 1.88 bits per heavy atom. The van der Waals surface area contributed by atoms with Crippen LogP contribution >= 0.6 is 0 Å². The highest BCUT2D eigenvalue weighted by atomic mass is 32.2. The van der Waals surface area contributed by atoms with E-state index in [4.69, 9.17) is 9.84 Å². The van der Waals surface area contributed by atoms with E-state index in [1.165, 1.54) is 22.7 Å². The molecule has 9 heteroatoms. The van der Waals surface area contributed by atoms with Gasteiger partial charge >= 0.3 is 0 Å². The van der Waals surface area contributed by atoms with E-state index < -0.39 is 10.2 Å². The van der Waals surface area contributed by atoms with Crippen LogP contribution < -0.4 is 10.1 Å². The molecule has 0 aliphatic carbocycles. The molecule has 1 aliphatic heterocycles. The second-order valence-electron chi connectivity index (χ2n) is 6.59. The SMILES string of the molecule is C[C@H](CO)NC(=O)c1ccc(OC2CCN(S(=O)(=O)N(C)C)CC2)cc1. The van der Waals surface area contributed by atoms with Crippen LogP contribution in [0, 0.1) is 0 Å². The Bertz CT molecular complexity index is 698. The molecule has 8 nitrogen and oxygen atoms in total. The van der Waals surface area contributed by atoms with Crippen molar-refractivity contribution in [2.45, 2.75) is 31.9 Å². The van der Waals surface area contributed by atoms with Crippen molar-refractivity contribution in [3.05, 3.63) is 29.8 Å².